The van der Waals surface area contributed by atoms with Crippen LogP contribution in [0.15, 0.2) is 64.3 Å². The first-order valence-electron chi connectivity index (χ1n) is 7.92. The number of hydrogen-bond acceptors (Lipinski definition) is 3. The van der Waals surface area contributed by atoms with E-state index in [1.807, 2.05) is 6.07 Å². The Morgan fingerprint density at radius 1 is 1.12 bits per heavy atom. The lowest BCUT2D eigenvalue weighted by atomic mass is 10.1. The monoisotopic (exact) mass is 356 g/mol. The second kappa shape index (κ2) is 7.98. The second-order valence-corrected chi connectivity index (χ2v) is 6.68. The Morgan fingerprint density at radius 2 is 1.88 bits per heavy atom. The van der Waals surface area contributed by atoms with E-state index < -0.39 is 0 Å². The molecule has 0 spiro atoms. The lowest BCUT2D eigenvalue weighted by molar-refractivity contribution is 0.0949. The van der Waals surface area contributed by atoms with Gasteiger partial charge in [0.25, 0.3) is 11.5 Å². The van der Waals surface area contributed by atoms with Crippen molar-refractivity contribution in [1.29, 1.82) is 0 Å². The summed E-state index contributed by atoms with van der Waals surface area (Å²) in [6, 6.07) is 15.2. The van der Waals surface area contributed by atoms with Crippen LogP contribution in [0.2, 0.25) is 0 Å². The first-order chi connectivity index (χ1) is 12.1. The van der Waals surface area contributed by atoms with Crippen LogP contribution in [0.25, 0.3) is 10.8 Å². The molecule has 6 heteroatoms. The second-order valence-electron chi connectivity index (χ2n) is 5.51. The van der Waals surface area contributed by atoms with Crippen molar-refractivity contribution in [2.45, 2.75) is 11.3 Å². The molecule has 1 aromatic heterocycles. The van der Waals surface area contributed by atoms with Crippen LogP contribution in [-0.2, 0) is 0 Å². The van der Waals surface area contributed by atoms with Gasteiger partial charge in [-0.2, -0.15) is 0 Å². The van der Waals surface area contributed by atoms with Crippen molar-refractivity contribution in [3.63, 3.8) is 0 Å². The van der Waals surface area contributed by atoms with Crippen molar-refractivity contribution in [2.75, 3.05) is 12.3 Å². The molecule has 128 valence electrons. The molecule has 0 fully saturated rings. The van der Waals surface area contributed by atoms with Crippen LogP contribution >= 0.6 is 11.8 Å². The lowest BCUT2D eigenvalue weighted by Gasteiger charge is -2.06. The summed E-state index contributed by atoms with van der Waals surface area (Å²) in [6.45, 7) is 0.502. The Balaban J connectivity index is 1.51. The summed E-state index contributed by atoms with van der Waals surface area (Å²) < 4.78 is 12.8. The quantitative estimate of drug-likeness (QED) is 0.524. The van der Waals surface area contributed by atoms with Crippen molar-refractivity contribution in [3.8, 4) is 0 Å². The van der Waals surface area contributed by atoms with Crippen LogP contribution in [0.1, 0.15) is 16.9 Å². The van der Waals surface area contributed by atoms with Crippen molar-refractivity contribution >= 4 is 28.4 Å². The molecule has 0 aliphatic rings. The molecule has 0 atom stereocenters. The smallest absolute Gasteiger partial charge is 0.267 e. The number of nitrogens with one attached hydrogen (secondary N) is 2. The molecule has 0 unspecified atom stereocenters. The molecule has 0 radical (unpaired) electrons. The van der Waals surface area contributed by atoms with Crippen LogP contribution in [0.3, 0.4) is 0 Å². The average molecular weight is 356 g/mol. The van der Waals surface area contributed by atoms with E-state index in [-0.39, 0.29) is 23.0 Å². The highest BCUT2D eigenvalue weighted by molar-refractivity contribution is 7.99. The fraction of sp³-hybridized carbons (Fsp3) is 0.158. The Hall–Kier alpha value is -2.60. The molecule has 0 aliphatic heterocycles. The first-order valence-corrected chi connectivity index (χ1v) is 8.91. The minimum atomic E-state index is -0.297. The Morgan fingerprint density at radius 3 is 2.68 bits per heavy atom. The van der Waals surface area contributed by atoms with Crippen molar-refractivity contribution in [2.24, 2.45) is 0 Å². The molecule has 1 heterocycles. The third-order valence-corrected chi connectivity index (χ3v) is 4.79. The summed E-state index contributed by atoms with van der Waals surface area (Å²) in [5, 5.41) is 4.11. The SMILES string of the molecule is O=C(NCCCSc1ccc(F)cc1)c1cc2ccccc2c(=O)[nH]1. The number of rotatable bonds is 6. The van der Waals surface area contributed by atoms with E-state index in [0.29, 0.717) is 11.9 Å². The van der Waals surface area contributed by atoms with Gasteiger partial charge < -0.3 is 10.3 Å². The highest BCUT2D eigenvalue weighted by Crippen LogP contribution is 2.18. The predicted octanol–water partition coefficient (Wildman–Crippen LogP) is 3.58. The van der Waals surface area contributed by atoms with Gasteiger partial charge in [0, 0.05) is 16.8 Å². The molecular weight excluding hydrogens is 339 g/mol. The summed E-state index contributed by atoms with van der Waals surface area (Å²) in [5.41, 5.74) is -0.00926. The van der Waals surface area contributed by atoms with Gasteiger partial charge in [0.05, 0.1) is 0 Å². The number of hydrogen-bond donors (Lipinski definition) is 2. The van der Waals surface area contributed by atoms with E-state index in [9.17, 15) is 14.0 Å². The predicted molar refractivity (Wildman–Crippen MR) is 98.6 cm³/mol. The zero-order valence-corrected chi connectivity index (χ0v) is 14.2. The van der Waals surface area contributed by atoms with Gasteiger partial charge in [-0.1, -0.05) is 18.2 Å². The topological polar surface area (TPSA) is 62.0 Å². The number of aromatic nitrogens is 1. The molecule has 2 aromatic carbocycles. The number of carbonyl (C=O) groups is 1. The van der Waals surface area contributed by atoms with E-state index in [0.717, 1.165) is 22.5 Å². The maximum atomic E-state index is 12.8. The summed E-state index contributed by atoms with van der Waals surface area (Å²) in [4.78, 5) is 27.8. The van der Waals surface area contributed by atoms with Crippen LogP contribution in [0.4, 0.5) is 4.39 Å². The minimum Gasteiger partial charge on any atom is -0.351 e. The number of H-pyrrole nitrogens is 1. The molecular formula is C19H17FN2O2S. The van der Waals surface area contributed by atoms with E-state index in [1.165, 1.54) is 12.1 Å². The summed E-state index contributed by atoms with van der Waals surface area (Å²) in [6.07, 6.45) is 0.769. The number of pyridine rings is 1. The molecule has 0 saturated heterocycles. The summed E-state index contributed by atoms with van der Waals surface area (Å²) in [5.74, 6) is 0.260. The molecule has 0 aliphatic carbocycles. The molecule has 25 heavy (non-hydrogen) atoms. The van der Waals surface area contributed by atoms with Gasteiger partial charge in [-0.05, 0) is 54.0 Å². The average Bonchev–Trinajstić information content (AvgIpc) is 2.63. The van der Waals surface area contributed by atoms with Crippen LogP contribution in [-0.4, -0.2) is 23.2 Å². The Kier molecular flexibility index (Phi) is 5.50. The fourth-order valence-corrected chi connectivity index (χ4v) is 3.28. The fourth-order valence-electron chi connectivity index (χ4n) is 2.42. The van der Waals surface area contributed by atoms with Crippen molar-refractivity contribution < 1.29 is 9.18 Å². The lowest BCUT2D eigenvalue weighted by Crippen LogP contribution is -2.27. The highest BCUT2D eigenvalue weighted by Gasteiger charge is 2.08. The van der Waals surface area contributed by atoms with Gasteiger partial charge in [0.15, 0.2) is 0 Å². The van der Waals surface area contributed by atoms with Gasteiger partial charge in [-0.3, -0.25) is 9.59 Å². The van der Waals surface area contributed by atoms with Gasteiger partial charge in [0.1, 0.15) is 11.5 Å². The van der Waals surface area contributed by atoms with Crippen molar-refractivity contribution in [3.05, 3.63) is 76.5 Å². The molecule has 3 aromatic rings. The van der Waals surface area contributed by atoms with E-state index in [1.54, 1.807) is 48.2 Å². The first kappa shape index (κ1) is 17.2. The Bertz CT molecular complexity index is 938. The standard InChI is InChI=1S/C19H17FN2O2S/c20-14-6-8-15(9-7-14)25-11-3-10-21-19(24)17-12-13-4-1-2-5-16(13)18(23)22-17/h1-2,4-9,12H,3,10-11H2,(H,21,24)(H,22,23). The van der Waals surface area contributed by atoms with Crippen LogP contribution < -0.4 is 10.9 Å². The van der Waals surface area contributed by atoms with Crippen molar-refractivity contribution in [1.82, 2.24) is 10.3 Å². The number of fused-ring (bicyclic) bond motifs is 1. The molecule has 0 bridgehead atoms. The number of benzene rings is 2. The molecule has 4 nitrogen and oxygen atoms in total. The number of amides is 1. The molecule has 0 saturated carbocycles. The maximum Gasteiger partial charge on any atom is 0.267 e. The van der Waals surface area contributed by atoms with E-state index in [2.05, 4.69) is 10.3 Å². The van der Waals surface area contributed by atoms with Gasteiger partial charge in [-0.25, -0.2) is 4.39 Å². The zero-order valence-electron chi connectivity index (χ0n) is 13.4. The Labute approximate surface area is 148 Å². The third-order valence-electron chi connectivity index (χ3n) is 3.69. The van der Waals surface area contributed by atoms with Gasteiger partial charge in [-0.15, -0.1) is 11.8 Å². The number of halogens is 1. The normalized spacial score (nSPS) is 10.8. The van der Waals surface area contributed by atoms with Crippen LogP contribution in [0, 0.1) is 5.82 Å². The summed E-state index contributed by atoms with van der Waals surface area (Å²) in [7, 11) is 0. The van der Waals surface area contributed by atoms with E-state index >= 15 is 0 Å². The maximum absolute atomic E-state index is 12.8. The minimum absolute atomic E-state index is 0.249. The van der Waals surface area contributed by atoms with E-state index in [4.69, 9.17) is 0 Å². The third kappa shape index (κ3) is 4.48. The summed E-state index contributed by atoms with van der Waals surface area (Å²) >= 11 is 1.61. The van der Waals surface area contributed by atoms with Crippen LogP contribution in [0.5, 0.6) is 0 Å². The number of thioether (sulfide) groups is 1. The van der Waals surface area contributed by atoms with Gasteiger partial charge >= 0.3 is 0 Å². The largest absolute Gasteiger partial charge is 0.351 e. The zero-order chi connectivity index (χ0) is 17.6. The number of aromatic amines is 1. The highest BCUT2D eigenvalue weighted by atomic mass is 32.2. The molecule has 2 N–H and O–H groups in total. The molecule has 1 amide bonds. The molecule has 3 rings (SSSR count). The number of carbonyl (C=O) groups excluding carboxylic acids is 1. The van der Waals surface area contributed by atoms with Gasteiger partial charge in [0.2, 0.25) is 0 Å².